The minimum absolute atomic E-state index is 0.0241. The van der Waals surface area contributed by atoms with Gasteiger partial charge in [-0.2, -0.15) is 8.78 Å². The van der Waals surface area contributed by atoms with E-state index in [1.54, 1.807) is 12.1 Å². The van der Waals surface area contributed by atoms with Gasteiger partial charge in [-0.1, -0.05) is 19.1 Å². The fourth-order valence-corrected chi connectivity index (χ4v) is 2.89. The molecular weight excluding hydrogens is 302 g/mol. The zero-order valence-electron chi connectivity index (χ0n) is 13.4. The smallest absolute Gasteiger partial charge is 0.387 e. The molecule has 1 amide bonds. The van der Waals surface area contributed by atoms with Crippen LogP contribution in [0.1, 0.15) is 31.7 Å². The number of amides is 1. The maximum Gasteiger partial charge on any atom is 0.387 e. The van der Waals surface area contributed by atoms with E-state index in [-0.39, 0.29) is 11.7 Å². The summed E-state index contributed by atoms with van der Waals surface area (Å²) in [7, 11) is 0. The van der Waals surface area contributed by atoms with Crippen LogP contribution in [0.5, 0.6) is 5.75 Å². The summed E-state index contributed by atoms with van der Waals surface area (Å²) in [6.07, 6.45) is 2.86. The summed E-state index contributed by atoms with van der Waals surface area (Å²) >= 11 is 0. The molecule has 1 aromatic rings. The van der Waals surface area contributed by atoms with Crippen LogP contribution in [0.3, 0.4) is 0 Å². The Morgan fingerprint density at radius 3 is 2.74 bits per heavy atom. The normalized spacial score (nSPS) is 19.4. The highest BCUT2D eigenvalue weighted by Gasteiger charge is 2.21. The molecule has 2 unspecified atom stereocenters. The Labute approximate surface area is 135 Å². The van der Waals surface area contributed by atoms with Gasteiger partial charge in [0, 0.05) is 13.0 Å². The van der Waals surface area contributed by atoms with Crippen molar-refractivity contribution in [1.82, 2.24) is 10.6 Å². The summed E-state index contributed by atoms with van der Waals surface area (Å²) in [5.74, 6) is 1.05. The molecule has 4 nitrogen and oxygen atoms in total. The van der Waals surface area contributed by atoms with E-state index in [1.807, 2.05) is 0 Å². The van der Waals surface area contributed by atoms with Gasteiger partial charge in [-0.15, -0.1) is 0 Å². The van der Waals surface area contributed by atoms with Crippen molar-refractivity contribution in [3.63, 3.8) is 0 Å². The number of halogens is 2. The summed E-state index contributed by atoms with van der Waals surface area (Å²) in [6, 6.07) is 6.30. The van der Waals surface area contributed by atoms with Gasteiger partial charge >= 0.3 is 6.61 Å². The molecule has 1 aliphatic heterocycles. The van der Waals surface area contributed by atoms with Gasteiger partial charge in [0.25, 0.3) is 0 Å². The van der Waals surface area contributed by atoms with Crippen molar-refractivity contribution in [3.8, 4) is 5.75 Å². The molecule has 1 fully saturated rings. The van der Waals surface area contributed by atoms with Crippen LogP contribution in [-0.4, -0.2) is 25.6 Å². The molecule has 0 saturated carbocycles. The van der Waals surface area contributed by atoms with Crippen LogP contribution >= 0.6 is 0 Å². The number of ether oxygens (including phenoxy) is 1. The third-order valence-electron chi connectivity index (χ3n) is 4.29. The molecule has 23 heavy (non-hydrogen) atoms. The molecule has 0 aliphatic carbocycles. The van der Waals surface area contributed by atoms with Gasteiger partial charge < -0.3 is 15.4 Å². The van der Waals surface area contributed by atoms with Crippen LogP contribution in [-0.2, 0) is 11.3 Å². The van der Waals surface area contributed by atoms with Crippen molar-refractivity contribution in [1.29, 1.82) is 0 Å². The lowest BCUT2D eigenvalue weighted by atomic mass is 9.85. The molecule has 0 radical (unpaired) electrons. The van der Waals surface area contributed by atoms with E-state index < -0.39 is 6.61 Å². The molecule has 128 valence electrons. The van der Waals surface area contributed by atoms with Gasteiger partial charge in [-0.25, -0.2) is 0 Å². The Morgan fingerprint density at radius 2 is 2.13 bits per heavy atom. The second kappa shape index (κ2) is 8.82. The first-order valence-corrected chi connectivity index (χ1v) is 8.05. The van der Waals surface area contributed by atoms with Crippen LogP contribution < -0.4 is 15.4 Å². The summed E-state index contributed by atoms with van der Waals surface area (Å²) in [6.45, 7) is 1.74. The van der Waals surface area contributed by atoms with Crippen molar-refractivity contribution in [3.05, 3.63) is 29.8 Å². The van der Waals surface area contributed by atoms with Crippen LogP contribution in [0.2, 0.25) is 0 Å². The number of carbonyl (C=O) groups excluding carboxylic acids is 1. The van der Waals surface area contributed by atoms with Gasteiger partial charge in [0.15, 0.2) is 0 Å². The lowest BCUT2D eigenvalue weighted by Crippen LogP contribution is -2.35. The first kappa shape index (κ1) is 17.7. The first-order valence-electron chi connectivity index (χ1n) is 8.05. The van der Waals surface area contributed by atoms with E-state index in [2.05, 4.69) is 22.3 Å². The number of carbonyl (C=O) groups is 1. The zero-order chi connectivity index (χ0) is 16.7. The Bertz CT molecular complexity index is 488. The van der Waals surface area contributed by atoms with Crippen molar-refractivity contribution in [2.24, 2.45) is 11.8 Å². The highest BCUT2D eigenvalue weighted by atomic mass is 19.3. The Morgan fingerprint density at radius 1 is 1.39 bits per heavy atom. The van der Waals surface area contributed by atoms with E-state index in [4.69, 9.17) is 0 Å². The summed E-state index contributed by atoms with van der Waals surface area (Å²) in [5, 5.41) is 6.25. The monoisotopic (exact) mass is 326 g/mol. The number of nitrogens with one attached hydrogen (secondary N) is 2. The Kier molecular flexibility index (Phi) is 6.77. The number of benzene rings is 1. The molecule has 2 rings (SSSR count). The molecule has 1 aromatic carbocycles. The van der Waals surface area contributed by atoms with Gasteiger partial charge in [0.1, 0.15) is 5.75 Å². The molecule has 2 atom stereocenters. The quantitative estimate of drug-likeness (QED) is 0.810. The van der Waals surface area contributed by atoms with Crippen molar-refractivity contribution >= 4 is 5.91 Å². The standard InChI is InChI=1S/C17H24F2N2O2/c1-12(14-3-2-8-20-11-14)9-16(22)21-10-13-4-6-15(7-5-13)23-17(18)19/h4-7,12,14,17,20H,2-3,8-11H2,1H3,(H,21,22). The fourth-order valence-electron chi connectivity index (χ4n) is 2.89. The van der Waals surface area contributed by atoms with Gasteiger partial charge in [-0.3, -0.25) is 4.79 Å². The molecule has 6 heteroatoms. The molecule has 0 spiro atoms. The number of piperidine rings is 1. The van der Waals surface area contributed by atoms with E-state index in [0.717, 1.165) is 18.7 Å². The molecule has 1 saturated heterocycles. The van der Waals surface area contributed by atoms with Crippen molar-refractivity contribution in [2.45, 2.75) is 39.3 Å². The molecule has 0 bridgehead atoms. The van der Waals surface area contributed by atoms with E-state index in [1.165, 1.54) is 25.0 Å². The Balaban J connectivity index is 1.73. The topological polar surface area (TPSA) is 50.4 Å². The highest BCUT2D eigenvalue weighted by molar-refractivity contribution is 5.76. The SMILES string of the molecule is CC(CC(=O)NCc1ccc(OC(F)F)cc1)C1CCCNC1. The van der Waals surface area contributed by atoms with Crippen molar-refractivity contribution < 1.29 is 18.3 Å². The molecule has 2 N–H and O–H groups in total. The number of hydrogen-bond acceptors (Lipinski definition) is 3. The van der Waals surface area contributed by atoms with Crippen LogP contribution in [0.25, 0.3) is 0 Å². The maximum absolute atomic E-state index is 12.1. The minimum Gasteiger partial charge on any atom is -0.435 e. The number of hydrogen-bond donors (Lipinski definition) is 2. The van der Waals surface area contributed by atoms with E-state index >= 15 is 0 Å². The van der Waals surface area contributed by atoms with Crippen LogP contribution in [0.15, 0.2) is 24.3 Å². The zero-order valence-corrected chi connectivity index (χ0v) is 13.4. The second-order valence-corrected chi connectivity index (χ2v) is 6.09. The van der Waals surface area contributed by atoms with Gasteiger partial charge in [0.2, 0.25) is 5.91 Å². The lowest BCUT2D eigenvalue weighted by Gasteiger charge is -2.28. The van der Waals surface area contributed by atoms with Crippen LogP contribution in [0, 0.1) is 11.8 Å². The summed E-state index contributed by atoms with van der Waals surface area (Å²) in [5.41, 5.74) is 0.854. The molecule has 0 aromatic heterocycles. The summed E-state index contributed by atoms with van der Waals surface area (Å²) < 4.78 is 28.4. The van der Waals surface area contributed by atoms with E-state index in [9.17, 15) is 13.6 Å². The average Bonchev–Trinajstić information content (AvgIpc) is 2.54. The third-order valence-corrected chi connectivity index (χ3v) is 4.29. The molecule has 1 aliphatic rings. The van der Waals surface area contributed by atoms with Crippen LogP contribution in [0.4, 0.5) is 8.78 Å². The molecular formula is C17H24F2N2O2. The van der Waals surface area contributed by atoms with Gasteiger partial charge in [0.05, 0.1) is 0 Å². The number of alkyl halides is 2. The predicted molar refractivity (Wildman–Crippen MR) is 84.3 cm³/mol. The second-order valence-electron chi connectivity index (χ2n) is 6.09. The van der Waals surface area contributed by atoms with E-state index in [0.29, 0.717) is 24.8 Å². The van der Waals surface area contributed by atoms with Crippen molar-refractivity contribution in [2.75, 3.05) is 13.1 Å². The third kappa shape index (κ3) is 6.14. The molecule has 1 heterocycles. The largest absolute Gasteiger partial charge is 0.435 e. The summed E-state index contributed by atoms with van der Waals surface area (Å²) in [4.78, 5) is 12.0. The Hall–Kier alpha value is -1.69. The number of rotatable bonds is 7. The predicted octanol–water partition coefficient (Wildman–Crippen LogP) is 2.93. The van der Waals surface area contributed by atoms with Gasteiger partial charge in [-0.05, 0) is 55.5 Å². The lowest BCUT2D eigenvalue weighted by molar-refractivity contribution is -0.122. The highest BCUT2D eigenvalue weighted by Crippen LogP contribution is 2.22. The average molecular weight is 326 g/mol. The minimum atomic E-state index is -2.82. The maximum atomic E-state index is 12.1. The fraction of sp³-hybridized carbons (Fsp3) is 0.588. The first-order chi connectivity index (χ1) is 11.0.